The normalized spacial score (nSPS) is 26.0. The van der Waals surface area contributed by atoms with Gasteiger partial charge in [-0.15, -0.1) is 0 Å². The molecule has 0 aromatic carbocycles. The lowest BCUT2D eigenvalue weighted by Gasteiger charge is -2.47. The third kappa shape index (κ3) is 29.8. The molecule has 0 bridgehead atoms. The first kappa shape index (κ1) is 70.5. The summed E-state index contributed by atoms with van der Waals surface area (Å²) in [5.74, 6) is -0.560. The SMILES string of the molecule is CCCCCCCCCCCCCCCCCCCCCC[C@@H](O)C(=O)N[C@@H](CO[C@H]1O[C@H](CO)[C@H](O[C@H]2O[C@H](CO)[C@@H](O)[C@H](O)[C@H]2NC(C)=O)[C@H](O)[C@H]1O)[C@H](O)[C@H](O)CCCCCCCCCCCCCC(C)CC. The minimum Gasteiger partial charge on any atom is -0.394 e. The standard InChI is InChI=1S/C59H114N2O15/c1-5-7-8-9-10-11-12-13-14-15-16-17-18-19-20-23-27-30-33-36-39-47(66)57(72)61-45(51(67)46(65)38-35-32-29-26-24-21-22-25-28-31-34-37-43(3)6-2)42-73-59-55(71)54(70)56(49(41-63)75-59)76-58-50(60-44(4)64)53(69)52(68)48(40-62)74-58/h43,45-56,58-59,62-63,65-71H,5-42H2,1-4H3,(H,60,64)(H,61,72)/t43?,45-,46+,47+,48+,49+,50+,51-,52+,53+,54+,55+,56-,58+,59-/m0/s1. The molecule has 450 valence electrons. The van der Waals surface area contributed by atoms with Crippen LogP contribution >= 0.6 is 0 Å². The van der Waals surface area contributed by atoms with Crippen molar-refractivity contribution in [3.05, 3.63) is 0 Å². The molecule has 0 radical (unpaired) electrons. The van der Waals surface area contributed by atoms with Crippen LogP contribution in [0.2, 0.25) is 0 Å². The highest BCUT2D eigenvalue weighted by atomic mass is 16.7. The predicted octanol–water partition coefficient (Wildman–Crippen LogP) is 7.67. The van der Waals surface area contributed by atoms with E-state index in [4.69, 9.17) is 18.9 Å². The van der Waals surface area contributed by atoms with Crippen molar-refractivity contribution in [2.24, 2.45) is 5.92 Å². The van der Waals surface area contributed by atoms with Crippen LogP contribution in [0.4, 0.5) is 0 Å². The van der Waals surface area contributed by atoms with E-state index in [1.165, 1.54) is 154 Å². The van der Waals surface area contributed by atoms with Crippen LogP contribution in [-0.2, 0) is 28.5 Å². The van der Waals surface area contributed by atoms with Gasteiger partial charge in [-0.25, -0.2) is 0 Å². The van der Waals surface area contributed by atoms with Crippen molar-refractivity contribution in [3.63, 3.8) is 0 Å². The summed E-state index contributed by atoms with van der Waals surface area (Å²) in [6, 6.07) is -2.67. The van der Waals surface area contributed by atoms with Gasteiger partial charge >= 0.3 is 0 Å². The molecular weight excluding hydrogens is 977 g/mol. The molecule has 0 spiro atoms. The zero-order valence-electron chi connectivity index (χ0n) is 48.0. The van der Waals surface area contributed by atoms with Crippen molar-refractivity contribution in [2.45, 2.75) is 338 Å². The van der Waals surface area contributed by atoms with Gasteiger partial charge in [-0.05, 0) is 18.8 Å². The molecule has 0 saturated carbocycles. The Morgan fingerprint density at radius 2 is 0.947 bits per heavy atom. The lowest BCUT2D eigenvalue weighted by molar-refractivity contribution is -0.347. The van der Waals surface area contributed by atoms with E-state index < -0.39 is 117 Å². The first-order chi connectivity index (χ1) is 36.7. The van der Waals surface area contributed by atoms with Crippen molar-refractivity contribution in [2.75, 3.05) is 19.8 Å². The largest absolute Gasteiger partial charge is 0.394 e. The number of aliphatic hydroxyl groups is 9. The Labute approximate surface area is 459 Å². The van der Waals surface area contributed by atoms with Crippen LogP contribution in [0.1, 0.15) is 252 Å². The Morgan fingerprint density at radius 3 is 1.38 bits per heavy atom. The minimum atomic E-state index is -1.86. The molecule has 0 aromatic heterocycles. The van der Waals surface area contributed by atoms with E-state index in [2.05, 4.69) is 31.4 Å². The summed E-state index contributed by atoms with van der Waals surface area (Å²) >= 11 is 0. The molecule has 76 heavy (non-hydrogen) atoms. The summed E-state index contributed by atoms with van der Waals surface area (Å²) in [5, 5.41) is 102. The molecule has 17 heteroatoms. The Morgan fingerprint density at radius 1 is 0.526 bits per heavy atom. The van der Waals surface area contributed by atoms with Crippen molar-refractivity contribution >= 4 is 11.8 Å². The van der Waals surface area contributed by atoms with Crippen LogP contribution in [0.3, 0.4) is 0 Å². The van der Waals surface area contributed by atoms with Crippen LogP contribution in [0.25, 0.3) is 0 Å². The second-order valence-electron chi connectivity index (χ2n) is 22.7. The van der Waals surface area contributed by atoms with Gasteiger partial charge in [0.25, 0.3) is 0 Å². The smallest absolute Gasteiger partial charge is 0.249 e. The van der Waals surface area contributed by atoms with Crippen LogP contribution in [-0.4, -0.2) is 163 Å². The number of nitrogens with one attached hydrogen (secondary N) is 2. The Kier molecular flexibility index (Phi) is 40.9. The Bertz CT molecular complexity index is 1400. The number of carbonyl (C=O) groups is 2. The Balaban J connectivity index is 1.88. The van der Waals surface area contributed by atoms with Gasteiger partial charge in [0.2, 0.25) is 11.8 Å². The number of unbranched alkanes of at least 4 members (excludes halogenated alkanes) is 29. The molecule has 11 N–H and O–H groups in total. The van der Waals surface area contributed by atoms with E-state index in [0.29, 0.717) is 12.8 Å². The second kappa shape index (κ2) is 44.1. The number of hydrogen-bond donors (Lipinski definition) is 11. The summed E-state index contributed by atoms with van der Waals surface area (Å²) < 4.78 is 23.2. The maximum absolute atomic E-state index is 13.4. The molecule has 2 aliphatic rings. The average Bonchev–Trinajstić information content (AvgIpc) is 3.41. The molecule has 0 aromatic rings. The van der Waals surface area contributed by atoms with E-state index >= 15 is 0 Å². The van der Waals surface area contributed by atoms with Gasteiger partial charge in [0.1, 0.15) is 61.0 Å². The fourth-order valence-corrected chi connectivity index (χ4v) is 10.6. The lowest BCUT2D eigenvalue weighted by atomic mass is 9.95. The molecule has 2 saturated heterocycles. The van der Waals surface area contributed by atoms with E-state index in [0.717, 1.165) is 57.8 Å². The third-order valence-electron chi connectivity index (χ3n) is 16.0. The molecule has 2 amide bonds. The quantitative estimate of drug-likeness (QED) is 0.0261. The molecule has 2 aliphatic heterocycles. The van der Waals surface area contributed by atoms with Crippen molar-refractivity contribution in [1.29, 1.82) is 0 Å². The van der Waals surface area contributed by atoms with E-state index in [-0.39, 0.29) is 12.8 Å². The highest BCUT2D eigenvalue weighted by Gasteiger charge is 2.51. The fraction of sp³-hybridized carbons (Fsp3) is 0.966. The van der Waals surface area contributed by atoms with E-state index in [1.54, 1.807) is 0 Å². The van der Waals surface area contributed by atoms with Gasteiger partial charge in [0.15, 0.2) is 12.6 Å². The number of hydrogen-bond acceptors (Lipinski definition) is 15. The summed E-state index contributed by atoms with van der Waals surface area (Å²) in [6.07, 6.45) is 21.5. The zero-order valence-corrected chi connectivity index (χ0v) is 48.0. The van der Waals surface area contributed by atoms with Gasteiger partial charge in [-0.2, -0.15) is 0 Å². The number of rotatable bonds is 48. The molecule has 15 atom stereocenters. The summed E-state index contributed by atoms with van der Waals surface area (Å²) in [7, 11) is 0. The maximum atomic E-state index is 13.4. The minimum absolute atomic E-state index is 0.203. The molecule has 2 rings (SSSR count). The fourth-order valence-electron chi connectivity index (χ4n) is 10.6. The predicted molar refractivity (Wildman–Crippen MR) is 296 cm³/mol. The van der Waals surface area contributed by atoms with Crippen LogP contribution in [0, 0.1) is 5.92 Å². The van der Waals surface area contributed by atoms with Crippen molar-refractivity contribution < 1.29 is 74.5 Å². The third-order valence-corrected chi connectivity index (χ3v) is 16.0. The van der Waals surface area contributed by atoms with Gasteiger partial charge in [-0.3, -0.25) is 9.59 Å². The molecule has 2 heterocycles. The molecule has 1 unspecified atom stereocenters. The molecular formula is C59H114N2O15. The monoisotopic (exact) mass is 1090 g/mol. The second-order valence-corrected chi connectivity index (χ2v) is 22.7. The van der Waals surface area contributed by atoms with Gasteiger partial charge in [0, 0.05) is 6.92 Å². The molecule has 17 nitrogen and oxygen atoms in total. The highest BCUT2D eigenvalue weighted by molar-refractivity contribution is 5.80. The van der Waals surface area contributed by atoms with Gasteiger partial charge < -0.3 is 75.5 Å². The lowest BCUT2D eigenvalue weighted by Crippen LogP contribution is -2.67. The number of carbonyl (C=O) groups excluding carboxylic acids is 2. The van der Waals surface area contributed by atoms with E-state index in [1.807, 2.05) is 0 Å². The number of aliphatic hydroxyl groups excluding tert-OH is 9. The number of ether oxygens (including phenoxy) is 4. The first-order valence-electron chi connectivity index (χ1n) is 30.8. The van der Waals surface area contributed by atoms with Gasteiger partial charge in [0.05, 0.1) is 32.0 Å². The van der Waals surface area contributed by atoms with Crippen LogP contribution < -0.4 is 10.6 Å². The summed E-state index contributed by atoms with van der Waals surface area (Å²) in [4.78, 5) is 25.4. The van der Waals surface area contributed by atoms with E-state index in [9.17, 15) is 55.5 Å². The van der Waals surface area contributed by atoms with Crippen molar-refractivity contribution in [3.8, 4) is 0 Å². The average molecular weight is 1090 g/mol. The maximum Gasteiger partial charge on any atom is 0.249 e. The van der Waals surface area contributed by atoms with Crippen LogP contribution in [0.15, 0.2) is 0 Å². The molecule has 2 fully saturated rings. The first-order valence-corrected chi connectivity index (χ1v) is 30.8. The highest BCUT2D eigenvalue weighted by Crippen LogP contribution is 2.30. The topological polar surface area (TPSA) is 277 Å². The van der Waals surface area contributed by atoms with Crippen molar-refractivity contribution in [1.82, 2.24) is 10.6 Å². The zero-order chi connectivity index (χ0) is 55.9. The van der Waals surface area contributed by atoms with Crippen LogP contribution in [0.5, 0.6) is 0 Å². The number of amides is 2. The molecule has 0 aliphatic carbocycles. The summed E-state index contributed by atoms with van der Waals surface area (Å²) in [5.41, 5.74) is 0. The van der Waals surface area contributed by atoms with Gasteiger partial charge in [-0.1, -0.05) is 233 Å². The Hall–Kier alpha value is -1.58. The summed E-state index contributed by atoms with van der Waals surface area (Å²) in [6.45, 7) is 5.94.